The van der Waals surface area contributed by atoms with Gasteiger partial charge in [-0.1, -0.05) is 6.42 Å². The van der Waals surface area contributed by atoms with E-state index in [1.54, 1.807) is 0 Å². The van der Waals surface area contributed by atoms with Gasteiger partial charge in [-0.3, -0.25) is 4.79 Å². The summed E-state index contributed by atoms with van der Waals surface area (Å²) in [6.45, 7) is 2.19. The number of hydrogen-bond donors (Lipinski definition) is 0. The summed E-state index contributed by atoms with van der Waals surface area (Å²) in [4.78, 5) is 13.5. The molecule has 0 unspecified atom stereocenters. The van der Waals surface area contributed by atoms with Crippen molar-refractivity contribution >= 4 is 17.5 Å². The molecule has 1 saturated heterocycles. The minimum Gasteiger partial charge on any atom is -0.379 e. The van der Waals surface area contributed by atoms with Gasteiger partial charge in [0.15, 0.2) is 0 Å². The number of fused-ring (bicyclic) bond motifs is 1. The topological polar surface area (TPSA) is 29.5 Å². The van der Waals surface area contributed by atoms with Crippen LogP contribution in [0.4, 0.5) is 0 Å². The van der Waals surface area contributed by atoms with Crippen LogP contribution >= 0.6 is 11.6 Å². The SMILES string of the molecule is O=C(CCl)N1CCOC[C@H]2CCC[C@H]21. The molecule has 4 heteroatoms. The first-order chi connectivity index (χ1) is 6.83. The molecule has 0 N–H and O–H groups in total. The normalized spacial score (nSPS) is 32.5. The summed E-state index contributed by atoms with van der Waals surface area (Å²) in [5.41, 5.74) is 0. The van der Waals surface area contributed by atoms with Crippen LogP contribution in [0, 0.1) is 5.92 Å². The third-order valence-electron chi connectivity index (χ3n) is 3.26. The zero-order valence-corrected chi connectivity index (χ0v) is 9.00. The molecule has 2 aliphatic rings. The van der Waals surface area contributed by atoms with Crippen LogP contribution in [0.25, 0.3) is 0 Å². The first-order valence-electron chi connectivity index (χ1n) is 5.26. The van der Waals surface area contributed by atoms with E-state index in [2.05, 4.69) is 0 Å². The molecule has 80 valence electrons. The number of carbonyl (C=O) groups is 1. The van der Waals surface area contributed by atoms with Crippen LogP contribution in [-0.4, -0.2) is 42.5 Å². The summed E-state index contributed by atoms with van der Waals surface area (Å²) >= 11 is 5.60. The van der Waals surface area contributed by atoms with Gasteiger partial charge >= 0.3 is 0 Å². The Morgan fingerprint density at radius 2 is 2.36 bits per heavy atom. The van der Waals surface area contributed by atoms with E-state index >= 15 is 0 Å². The molecule has 1 amide bonds. The molecule has 0 bridgehead atoms. The zero-order valence-electron chi connectivity index (χ0n) is 8.25. The summed E-state index contributed by atoms with van der Waals surface area (Å²) in [5, 5.41) is 0. The molecule has 14 heavy (non-hydrogen) atoms. The van der Waals surface area contributed by atoms with Gasteiger partial charge in [-0.2, -0.15) is 0 Å². The molecule has 2 rings (SSSR count). The van der Waals surface area contributed by atoms with Crippen molar-refractivity contribution in [3.63, 3.8) is 0 Å². The Morgan fingerprint density at radius 1 is 1.50 bits per heavy atom. The number of amides is 1. The third-order valence-corrected chi connectivity index (χ3v) is 3.49. The highest BCUT2D eigenvalue weighted by molar-refractivity contribution is 6.27. The van der Waals surface area contributed by atoms with E-state index in [1.165, 1.54) is 12.8 Å². The van der Waals surface area contributed by atoms with Crippen LogP contribution in [0.1, 0.15) is 19.3 Å². The summed E-state index contributed by atoms with van der Waals surface area (Å²) in [6, 6.07) is 0.392. The maximum atomic E-state index is 11.6. The van der Waals surface area contributed by atoms with Crippen LogP contribution in [0.5, 0.6) is 0 Å². The Balaban J connectivity index is 2.08. The molecule has 3 nitrogen and oxygen atoms in total. The third kappa shape index (κ3) is 1.89. The van der Waals surface area contributed by atoms with E-state index in [-0.39, 0.29) is 11.8 Å². The van der Waals surface area contributed by atoms with Gasteiger partial charge in [0.05, 0.1) is 13.2 Å². The highest BCUT2D eigenvalue weighted by Crippen LogP contribution is 2.31. The number of ether oxygens (including phenoxy) is 1. The molecule has 0 aromatic rings. The molecule has 1 aliphatic carbocycles. The fourth-order valence-electron chi connectivity index (χ4n) is 2.57. The highest BCUT2D eigenvalue weighted by atomic mass is 35.5. The van der Waals surface area contributed by atoms with Crippen LogP contribution in [0.15, 0.2) is 0 Å². The van der Waals surface area contributed by atoms with Gasteiger partial charge in [0, 0.05) is 18.5 Å². The number of rotatable bonds is 1. The number of halogens is 1. The lowest BCUT2D eigenvalue weighted by molar-refractivity contribution is -0.131. The molecular weight excluding hydrogens is 202 g/mol. The Morgan fingerprint density at radius 3 is 3.14 bits per heavy atom. The molecule has 0 aromatic heterocycles. The molecule has 2 atom stereocenters. The maximum Gasteiger partial charge on any atom is 0.237 e. The first-order valence-corrected chi connectivity index (χ1v) is 5.79. The zero-order chi connectivity index (χ0) is 9.97. The maximum absolute atomic E-state index is 11.6. The minimum absolute atomic E-state index is 0.0640. The van der Waals surface area contributed by atoms with Gasteiger partial charge in [0.2, 0.25) is 5.91 Å². The largest absolute Gasteiger partial charge is 0.379 e. The van der Waals surface area contributed by atoms with Gasteiger partial charge in [0.25, 0.3) is 0 Å². The smallest absolute Gasteiger partial charge is 0.237 e. The van der Waals surface area contributed by atoms with Gasteiger partial charge in [-0.25, -0.2) is 0 Å². The van der Waals surface area contributed by atoms with Crippen molar-refractivity contribution in [1.82, 2.24) is 4.90 Å². The summed E-state index contributed by atoms with van der Waals surface area (Å²) in [6.07, 6.45) is 3.53. The standard InChI is InChI=1S/C10H16ClNO2/c11-6-10(13)12-4-5-14-7-8-2-1-3-9(8)12/h8-9H,1-7H2/t8-,9-/m1/s1. The second-order valence-corrected chi connectivity index (χ2v) is 4.32. The predicted octanol–water partition coefficient (Wildman–Crippen LogP) is 1.25. The average Bonchev–Trinajstić information content (AvgIpc) is 2.57. The number of nitrogens with zero attached hydrogens (tertiary/aromatic N) is 1. The average molecular weight is 218 g/mol. The van der Waals surface area contributed by atoms with E-state index < -0.39 is 0 Å². The number of carbonyl (C=O) groups excluding carboxylic acids is 1. The Labute approximate surface area is 89.4 Å². The lowest BCUT2D eigenvalue weighted by Gasteiger charge is -2.29. The second kappa shape index (κ2) is 4.49. The summed E-state index contributed by atoms with van der Waals surface area (Å²) in [5.74, 6) is 0.710. The second-order valence-electron chi connectivity index (χ2n) is 4.05. The Hall–Kier alpha value is -0.280. The quantitative estimate of drug-likeness (QED) is 0.619. The molecule has 0 aromatic carbocycles. The van der Waals surface area contributed by atoms with Crippen LogP contribution < -0.4 is 0 Å². The first kappa shape index (κ1) is 10.2. The lowest BCUT2D eigenvalue weighted by Crippen LogP contribution is -2.43. The van der Waals surface area contributed by atoms with E-state index in [0.29, 0.717) is 25.1 Å². The van der Waals surface area contributed by atoms with Crippen molar-refractivity contribution < 1.29 is 9.53 Å². The van der Waals surface area contributed by atoms with Crippen LogP contribution in [-0.2, 0) is 9.53 Å². The molecular formula is C10H16ClNO2. The molecule has 1 heterocycles. The van der Waals surface area contributed by atoms with Gasteiger partial charge < -0.3 is 9.64 Å². The van der Waals surface area contributed by atoms with Crippen molar-refractivity contribution in [3.8, 4) is 0 Å². The lowest BCUT2D eigenvalue weighted by atomic mass is 10.0. The van der Waals surface area contributed by atoms with E-state index in [1.807, 2.05) is 4.90 Å². The molecule has 0 radical (unpaired) electrons. The predicted molar refractivity (Wildman–Crippen MR) is 54.4 cm³/mol. The van der Waals surface area contributed by atoms with Crippen molar-refractivity contribution in [2.24, 2.45) is 5.92 Å². The van der Waals surface area contributed by atoms with Crippen LogP contribution in [0.3, 0.4) is 0 Å². The number of hydrogen-bond acceptors (Lipinski definition) is 2. The summed E-state index contributed by atoms with van der Waals surface area (Å²) < 4.78 is 5.50. The minimum atomic E-state index is 0.0640. The molecule has 0 spiro atoms. The molecule has 1 aliphatic heterocycles. The monoisotopic (exact) mass is 217 g/mol. The Bertz CT molecular complexity index is 222. The van der Waals surface area contributed by atoms with Crippen molar-refractivity contribution in [2.75, 3.05) is 25.6 Å². The fourth-order valence-corrected chi connectivity index (χ4v) is 2.73. The Kier molecular flexibility index (Phi) is 3.29. The van der Waals surface area contributed by atoms with Gasteiger partial charge in [-0.05, 0) is 12.8 Å². The number of alkyl halides is 1. The highest BCUT2D eigenvalue weighted by Gasteiger charge is 2.35. The van der Waals surface area contributed by atoms with Crippen LogP contribution in [0.2, 0.25) is 0 Å². The van der Waals surface area contributed by atoms with Gasteiger partial charge in [0.1, 0.15) is 5.88 Å². The molecule has 1 saturated carbocycles. The van der Waals surface area contributed by atoms with Crippen molar-refractivity contribution in [1.29, 1.82) is 0 Å². The fraction of sp³-hybridized carbons (Fsp3) is 0.900. The van der Waals surface area contributed by atoms with Gasteiger partial charge in [-0.15, -0.1) is 11.6 Å². The van der Waals surface area contributed by atoms with Crippen molar-refractivity contribution in [3.05, 3.63) is 0 Å². The molecule has 2 fully saturated rings. The van der Waals surface area contributed by atoms with E-state index in [0.717, 1.165) is 13.0 Å². The van der Waals surface area contributed by atoms with E-state index in [9.17, 15) is 4.79 Å². The van der Waals surface area contributed by atoms with E-state index in [4.69, 9.17) is 16.3 Å². The summed E-state index contributed by atoms with van der Waals surface area (Å²) in [7, 11) is 0. The van der Waals surface area contributed by atoms with Crippen molar-refractivity contribution in [2.45, 2.75) is 25.3 Å².